The van der Waals surface area contributed by atoms with E-state index >= 15 is 0 Å². The van der Waals surface area contributed by atoms with Gasteiger partial charge < -0.3 is 18.9 Å². The van der Waals surface area contributed by atoms with Crippen molar-refractivity contribution in [3.05, 3.63) is 53.3 Å². The summed E-state index contributed by atoms with van der Waals surface area (Å²) in [6, 6.07) is 10.0. The predicted octanol–water partition coefficient (Wildman–Crippen LogP) is 4.08. The Morgan fingerprint density at radius 2 is 1.53 bits per heavy atom. The summed E-state index contributed by atoms with van der Waals surface area (Å²) >= 11 is 0. The van der Waals surface area contributed by atoms with Crippen LogP contribution < -0.4 is 14.2 Å². The first-order valence-electron chi connectivity index (χ1n) is 11.2. The smallest absolute Gasteiger partial charge is 0.337 e. The van der Waals surface area contributed by atoms with Crippen LogP contribution in [0, 0.1) is 5.41 Å². The average Bonchev–Trinajstić information content (AvgIpc) is 3.40. The summed E-state index contributed by atoms with van der Waals surface area (Å²) in [6.45, 7) is 6.53. The number of benzene rings is 2. The first-order chi connectivity index (χ1) is 16.2. The molecule has 0 radical (unpaired) electrons. The number of carbonyl (C=O) groups excluding carboxylic acids is 2. The van der Waals surface area contributed by atoms with Crippen LogP contribution in [0.5, 0.6) is 17.2 Å². The van der Waals surface area contributed by atoms with E-state index in [0.717, 1.165) is 17.6 Å². The van der Waals surface area contributed by atoms with E-state index in [1.54, 1.807) is 24.3 Å². The van der Waals surface area contributed by atoms with Gasteiger partial charge in [0.15, 0.2) is 11.5 Å². The Kier molecular flexibility index (Phi) is 4.11. The molecule has 2 heterocycles. The highest BCUT2D eigenvalue weighted by Gasteiger charge is 2.74. The first kappa shape index (κ1) is 20.9. The highest BCUT2D eigenvalue weighted by Crippen LogP contribution is 2.70. The van der Waals surface area contributed by atoms with Crippen molar-refractivity contribution in [2.75, 3.05) is 13.9 Å². The Labute approximate surface area is 196 Å². The van der Waals surface area contributed by atoms with Gasteiger partial charge >= 0.3 is 11.9 Å². The zero-order chi connectivity index (χ0) is 23.9. The molecule has 6 rings (SSSR count). The standard InChI is InChI=1S/C26H24N2O6/c1-24(2)25(3)9-10-26(24,23(30)34-15-7-5-14(6-8-15)22(29)31-4)21-20(25)27-16-11-18-19(33-13-32-18)12-17(16)28-21/h5-8,11-12H,9-10,13H2,1-4H3. The van der Waals surface area contributed by atoms with Gasteiger partial charge in [0, 0.05) is 17.5 Å². The number of rotatable bonds is 3. The van der Waals surface area contributed by atoms with E-state index in [2.05, 4.69) is 20.8 Å². The maximum absolute atomic E-state index is 13.9. The number of methoxy groups -OCH3 is 1. The maximum Gasteiger partial charge on any atom is 0.337 e. The molecule has 1 aromatic heterocycles. The largest absolute Gasteiger partial charge is 0.465 e. The summed E-state index contributed by atoms with van der Waals surface area (Å²) in [5, 5.41) is 0. The van der Waals surface area contributed by atoms with Gasteiger partial charge in [-0.15, -0.1) is 0 Å². The Morgan fingerprint density at radius 3 is 2.15 bits per heavy atom. The molecule has 8 nitrogen and oxygen atoms in total. The van der Waals surface area contributed by atoms with E-state index in [1.807, 2.05) is 12.1 Å². The Morgan fingerprint density at radius 1 is 0.912 bits per heavy atom. The first-order valence-corrected chi connectivity index (χ1v) is 11.2. The van der Waals surface area contributed by atoms with Gasteiger partial charge in [-0.05, 0) is 42.5 Å². The second-order valence-corrected chi connectivity index (χ2v) is 9.88. The van der Waals surface area contributed by atoms with Crippen molar-refractivity contribution in [3.8, 4) is 17.2 Å². The minimum atomic E-state index is -0.949. The van der Waals surface area contributed by atoms with Crippen molar-refractivity contribution in [2.24, 2.45) is 5.41 Å². The molecular weight excluding hydrogens is 436 g/mol. The molecule has 34 heavy (non-hydrogen) atoms. The maximum atomic E-state index is 13.9. The zero-order valence-corrected chi connectivity index (χ0v) is 19.4. The fourth-order valence-electron chi connectivity index (χ4n) is 5.92. The topological polar surface area (TPSA) is 96.8 Å². The minimum absolute atomic E-state index is 0.168. The summed E-state index contributed by atoms with van der Waals surface area (Å²) in [5.74, 6) is 0.829. The summed E-state index contributed by atoms with van der Waals surface area (Å²) in [6.07, 6.45) is 1.42. The molecule has 2 aromatic carbocycles. The van der Waals surface area contributed by atoms with E-state index < -0.39 is 16.8 Å². The molecular formula is C26H24N2O6. The molecule has 2 atom stereocenters. The van der Waals surface area contributed by atoms with Gasteiger partial charge in [0.25, 0.3) is 0 Å². The van der Waals surface area contributed by atoms with Crippen LogP contribution in [0.1, 0.15) is 55.4 Å². The lowest BCUT2D eigenvalue weighted by atomic mass is 9.64. The van der Waals surface area contributed by atoms with Crippen molar-refractivity contribution in [3.63, 3.8) is 0 Å². The second-order valence-electron chi connectivity index (χ2n) is 9.88. The van der Waals surface area contributed by atoms with Crippen molar-refractivity contribution in [1.29, 1.82) is 0 Å². The van der Waals surface area contributed by atoms with Gasteiger partial charge in [0.05, 0.1) is 35.1 Å². The van der Waals surface area contributed by atoms with Crippen LogP contribution in [0.3, 0.4) is 0 Å². The highest BCUT2D eigenvalue weighted by molar-refractivity contribution is 5.92. The highest BCUT2D eigenvalue weighted by atomic mass is 16.7. The van der Waals surface area contributed by atoms with Crippen LogP contribution >= 0.6 is 0 Å². The van der Waals surface area contributed by atoms with Gasteiger partial charge in [-0.3, -0.25) is 4.79 Å². The summed E-state index contributed by atoms with van der Waals surface area (Å²) in [4.78, 5) is 35.6. The van der Waals surface area contributed by atoms with E-state index in [-0.39, 0.29) is 18.2 Å². The van der Waals surface area contributed by atoms with E-state index in [1.165, 1.54) is 7.11 Å². The third-order valence-electron chi connectivity index (χ3n) is 8.37. The lowest BCUT2D eigenvalue weighted by Crippen LogP contribution is -2.48. The molecule has 8 heteroatoms. The molecule has 1 saturated carbocycles. The molecule has 0 spiro atoms. The lowest BCUT2D eigenvalue weighted by Gasteiger charge is -2.38. The van der Waals surface area contributed by atoms with Crippen molar-refractivity contribution < 1.29 is 28.5 Å². The molecule has 3 aliphatic rings. The molecule has 0 amide bonds. The minimum Gasteiger partial charge on any atom is -0.465 e. The normalized spacial score (nSPS) is 25.3. The molecule has 0 saturated heterocycles. The second kappa shape index (κ2) is 6.68. The summed E-state index contributed by atoms with van der Waals surface area (Å²) < 4.78 is 21.7. The van der Waals surface area contributed by atoms with Crippen molar-refractivity contribution in [1.82, 2.24) is 9.97 Å². The van der Waals surface area contributed by atoms with Crippen LogP contribution in [0.4, 0.5) is 0 Å². The number of carbonyl (C=O) groups is 2. The van der Waals surface area contributed by atoms with Gasteiger partial charge in [-0.1, -0.05) is 20.8 Å². The SMILES string of the molecule is COC(=O)c1ccc(OC(=O)C23CCC(C)(c4nc5cc6c(cc5nc42)OCO6)C3(C)C)cc1. The van der Waals surface area contributed by atoms with Crippen LogP contribution in [0.15, 0.2) is 36.4 Å². The predicted molar refractivity (Wildman–Crippen MR) is 121 cm³/mol. The monoisotopic (exact) mass is 460 g/mol. The Balaban J connectivity index is 1.45. The molecule has 2 bridgehead atoms. The van der Waals surface area contributed by atoms with Gasteiger partial charge in [0.1, 0.15) is 11.2 Å². The van der Waals surface area contributed by atoms with Gasteiger partial charge in [0.2, 0.25) is 6.79 Å². The van der Waals surface area contributed by atoms with Crippen LogP contribution in [-0.4, -0.2) is 35.8 Å². The van der Waals surface area contributed by atoms with Crippen LogP contribution in [0.2, 0.25) is 0 Å². The van der Waals surface area contributed by atoms with E-state index in [9.17, 15) is 9.59 Å². The summed E-state index contributed by atoms with van der Waals surface area (Å²) in [7, 11) is 1.32. The molecule has 3 aromatic rings. The van der Waals surface area contributed by atoms with Gasteiger partial charge in [-0.25, -0.2) is 14.8 Å². The molecule has 0 N–H and O–H groups in total. The fraction of sp³-hybridized carbons (Fsp3) is 0.385. The molecule has 2 unspecified atom stereocenters. The number of aromatic nitrogens is 2. The number of esters is 2. The number of hydrogen-bond acceptors (Lipinski definition) is 8. The Hall–Kier alpha value is -3.68. The Bertz CT molecular complexity index is 1380. The fourth-order valence-corrected chi connectivity index (χ4v) is 5.92. The van der Waals surface area contributed by atoms with E-state index in [0.29, 0.717) is 40.4 Å². The van der Waals surface area contributed by atoms with Crippen molar-refractivity contribution >= 4 is 23.0 Å². The number of ether oxygens (including phenoxy) is 4. The third kappa shape index (κ3) is 2.43. The quantitative estimate of drug-likeness (QED) is 0.426. The molecule has 2 aliphatic carbocycles. The number of fused-ring (bicyclic) bond motifs is 7. The molecule has 1 fully saturated rings. The van der Waals surface area contributed by atoms with Crippen LogP contribution in [0.25, 0.3) is 11.0 Å². The van der Waals surface area contributed by atoms with Crippen molar-refractivity contribution in [2.45, 2.75) is 44.4 Å². The van der Waals surface area contributed by atoms with Gasteiger partial charge in [-0.2, -0.15) is 0 Å². The molecule has 1 aliphatic heterocycles. The third-order valence-corrected chi connectivity index (χ3v) is 8.37. The number of nitrogens with zero attached hydrogens (tertiary/aromatic N) is 2. The zero-order valence-electron chi connectivity index (χ0n) is 19.4. The van der Waals surface area contributed by atoms with Crippen LogP contribution in [-0.2, 0) is 20.4 Å². The molecule has 174 valence electrons. The lowest BCUT2D eigenvalue weighted by molar-refractivity contribution is -0.145. The average molecular weight is 460 g/mol. The van der Waals surface area contributed by atoms with E-state index in [4.69, 9.17) is 28.9 Å². The number of hydrogen-bond donors (Lipinski definition) is 0. The summed E-state index contributed by atoms with van der Waals surface area (Å²) in [5.41, 5.74) is 1.51.